The summed E-state index contributed by atoms with van der Waals surface area (Å²) in [5.41, 5.74) is 6.71. The fourth-order valence-electron chi connectivity index (χ4n) is 3.21. The molecular weight excluding hydrogens is 398 g/mol. The molecule has 0 amide bonds. The molecule has 6 N–H and O–H groups in total. The van der Waals surface area contributed by atoms with E-state index in [1.165, 1.54) is 0 Å². The van der Waals surface area contributed by atoms with Crippen molar-refractivity contribution in [3.63, 3.8) is 0 Å². The minimum Gasteiger partial charge on any atom is -0.448 e. The Morgan fingerprint density at radius 3 is 2.61 bits per heavy atom. The highest BCUT2D eigenvalue weighted by Gasteiger charge is 2.21. The second kappa shape index (κ2) is 8.42. The topological polar surface area (TPSA) is 147 Å². The molecule has 12 nitrogen and oxygen atoms in total. The molecule has 0 saturated heterocycles. The molecule has 2 atom stereocenters. The normalized spacial score (nSPS) is 20.5. The Morgan fingerprint density at radius 1 is 1.10 bits per heavy atom. The van der Waals surface area contributed by atoms with Crippen LogP contribution >= 0.6 is 0 Å². The molecule has 2 aliphatic rings. The molecule has 0 aliphatic carbocycles. The number of aromatic amines is 1. The Kier molecular flexibility index (Phi) is 5.52. The van der Waals surface area contributed by atoms with Crippen molar-refractivity contribution < 1.29 is 4.42 Å². The lowest BCUT2D eigenvalue weighted by molar-refractivity contribution is 0.473. The largest absolute Gasteiger partial charge is 0.448 e. The van der Waals surface area contributed by atoms with Crippen LogP contribution in [0, 0.1) is 0 Å². The van der Waals surface area contributed by atoms with Gasteiger partial charge in [0.1, 0.15) is 18.1 Å². The van der Waals surface area contributed by atoms with Gasteiger partial charge in [0, 0.05) is 38.5 Å². The molecule has 164 valence electrons. The number of anilines is 2. The van der Waals surface area contributed by atoms with E-state index in [1.807, 2.05) is 62.1 Å². The van der Waals surface area contributed by atoms with Crippen LogP contribution in [0.25, 0.3) is 0 Å². The number of furan rings is 1. The maximum atomic E-state index is 5.74. The van der Waals surface area contributed by atoms with Gasteiger partial charge >= 0.3 is 0 Å². The van der Waals surface area contributed by atoms with E-state index in [9.17, 15) is 0 Å². The highest BCUT2D eigenvalue weighted by Crippen LogP contribution is 2.17. The number of rotatable bonds is 4. The maximum Gasteiger partial charge on any atom is 0.208 e. The number of nitrogens with zero attached hydrogens (tertiary/aromatic N) is 6. The van der Waals surface area contributed by atoms with E-state index >= 15 is 0 Å². The van der Waals surface area contributed by atoms with Crippen molar-refractivity contribution in [1.29, 1.82) is 0 Å². The average Bonchev–Trinajstić information content (AvgIpc) is 3.38. The number of aliphatic imine (C=N–C) groups is 4. The molecule has 0 aromatic carbocycles. The van der Waals surface area contributed by atoms with Gasteiger partial charge in [0.05, 0.1) is 6.26 Å². The fraction of sp³-hybridized carbons (Fsp3) is 0.368. The summed E-state index contributed by atoms with van der Waals surface area (Å²) in [7, 11) is 3.91. The zero-order chi connectivity index (χ0) is 22.0. The van der Waals surface area contributed by atoms with Gasteiger partial charge in [-0.1, -0.05) is 0 Å². The van der Waals surface area contributed by atoms with E-state index in [1.54, 1.807) is 6.26 Å². The van der Waals surface area contributed by atoms with Gasteiger partial charge in [0.2, 0.25) is 17.9 Å². The summed E-state index contributed by atoms with van der Waals surface area (Å²) in [6.45, 7) is 4.38. The van der Waals surface area contributed by atoms with Crippen LogP contribution in [0.1, 0.15) is 19.4 Å². The molecule has 2 unspecified atom stereocenters. The SMILES string of the molecule is CC1N=C(N)NC(Nc2cc(CN(C)C3=NC(C)N=C(N(C)c4ccc[nH]4)N3)co2)=N1. The van der Waals surface area contributed by atoms with Crippen molar-refractivity contribution in [2.24, 2.45) is 25.7 Å². The smallest absolute Gasteiger partial charge is 0.208 e. The van der Waals surface area contributed by atoms with Gasteiger partial charge < -0.3 is 24.9 Å². The van der Waals surface area contributed by atoms with Crippen LogP contribution in [-0.4, -0.2) is 60.1 Å². The van der Waals surface area contributed by atoms with Gasteiger partial charge in [-0.15, -0.1) is 0 Å². The number of hydrogen-bond acceptors (Lipinski definition) is 11. The van der Waals surface area contributed by atoms with Crippen LogP contribution < -0.4 is 26.6 Å². The molecule has 31 heavy (non-hydrogen) atoms. The zero-order valence-corrected chi connectivity index (χ0v) is 17.9. The quantitative estimate of drug-likeness (QED) is 0.488. The monoisotopic (exact) mass is 425 g/mol. The van der Waals surface area contributed by atoms with Crippen molar-refractivity contribution in [2.75, 3.05) is 24.3 Å². The summed E-state index contributed by atoms with van der Waals surface area (Å²) < 4.78 is 5.62. The van der Waals surface area contributed by atoms with E-state index in [2.05, 4.69) is 40.9 Å². The summed E-state index contributed by atoms with van der Waals surface area (Å²) in [5, 5.41) is 9.26. The maximum absolute atomic E-state index is 5.74. The summed E-state index contributed by atoms with van der Waals surface area (Å²) in [6.07, 6.45) is 3.12. The first-order valence-electron chi connectivity index (χ1n) is 9.91. The number of nitrogens with two attached hydrogens (primary N) is 1. The van der Waals surface area contributed by atoms with Gasteiger partial charge in [-0.25, -0.2) is 20.0 Å². The summed E-state index contributed by atoms with van der Waals surface area (Å²) >= 11 is 0. The highest BCUT2D eigenvalue weighted by atomic mass is 16.3. The molecular formula is C19H27N11O. The first kappa shape index (κ1) is 20.3. The first-order valence-corrected chi connectivity index (χ1v) is 9.91. The van der Waals surface area contributed by atoms with Crippen LogP contribution in [0.3, 0.4) is 0 Å². The van der Waals surface area contributed by atoms with Crippen LogP contribution in [-0.2, 0) is 6.54 Å². The Hall–Kier alpha value is -3.96. The number of guanidine groups is 4. The highest BCUT2D eigenvalue weighted by molar-refractivity contribution is 6.07. The zero-order valence-electron chi connectivity index (χ0n) is 17.9. The lowest BCUT2D eigenvalue weighted by Crippen LogP contribution is -2.51. The van der Waals surface area contributed by atoms with Gasteiger partial charge in [-0.2, -0.15) is 0 Å². The molecule has 12 heteroatoms. The molecule has 0 bridgehead atoms. The van der Waals surface area contributed by atoms with Crippen molar-refractivity contribution in [1.82, 2.24) is 20.5 Å². The number of H-pyrrole nitrogens is 1. The van der Waals surface area contributed by atoms with Crippen molar-refractivity contribution in [3.8, 4) is 0 Å². The second-order valence-corrected chi connectivity index (χ2v) is 7.33. The van der Waals surface area contributed by atoms with Crippen LogP contribution in [0.2, 0.25) is 0 Å². The Bertz CT molecular complexity index is 1030. The minimum atomic E-state index is -0.248. The third-order valence-electron chi connectivity index (χ3n) is 4.67. The van der Waals surface area contributed by atoms with Crippen molar-refractivity contribution in [3.05, 3.63) is 36.2 Å². The van der Waals surface area contributed by atoms with Crippen LogP contribution in [0.4, 0.5) is 11.7 Å². The van der Waals surface area contributed by atoms with E-state index in [0.29, 0.717) is 24.3 Å². The number of nitrogens with one attached hydrogen (secondary N) is 4. The Morgan fingerprint density at radius 2 is 1.87 bits per heavy atom. The minimum absolute atomic E-state index is 0.197. The van der Waals surface area contributed by atoms with Gasteiger partial charge in [0.15, 0.2) is 11.8 Å². The van der Waals surface area contributed by atoms with Crippen molar-refractivity contribution in [2.45, 2.75) is 32.7 Å². The summed E-state index contributed by atoms with van der Waals surface area (Å²) in [5.74, 6) is 3.74. The standard InChI is InChI=1S/C19H27N11O/c1-11-22-16(20)27-17(23-11)26-15-8-13(10-31-15)9-29(3)18-24-12(2)25-19(28-18)30(4)14-6-5-7-21-14/h5-8,10-12,21H,9H2,1-4H3,(H,24,25,28)(H4,20,22,23,26,27). The van der Waals surface area contributed by atoms with E-state index in [0.717, 1.165) is 23.3 Å². The first-order chi connectivity index (χ1) is 14.9. The lowest BCUT2D eigenvalue weighted by Gasteiger charge is -2.30. The van der Waals surface area contributed by atoms with Crippen molar-refractivity contribution >= 4 is 35.5 Å². The summed E-state index contributed by atoms with van der Waals surface area (Å²) in [6, 6.07) is 5.83. The molecule has 2 aliphatic heterocycles. The van der Waals surface area contributed by atoms with E-state index < -0.39 is 0 Å². The van der Waals surface area contributed by atoms with E-state index in [4.69, 9.17) is 10.2 Å². The predicted molar refractivity (Wildman–Crippen MR) is 122 cm³/mol. The lowest BCUT2D eigenvalue weighted by atomic mass is 10.3. The molecule has 0 saturated carbocycles. The molecule has 0 radical (unpaired) electrons. The third kappa shape index (κ3) is 4.79. The fourth-order valence-corrected chi connectivity index (χ4v) is 3.21. The molecule has 4 heterocycles. The number of hydrogen-bond donors (Lipinski definition) is 5. The second-order valence-electron chi connectivity index (χ2n) is 7.33. The predicted octanol–water partition coefficient (Wildman–Crippen LogP) is 0.869. The van der Waals surface area contributed by atoms with Crippen LogP contribution in [0.5, 0.6) is 0 Å². The molecule has 0 spiro atoms. The van der Waals surface area contributed by atoms with Gasteiger partial charge in [-0.05, 0) is 26.0 Å². The average molecular weight is 426 g/mol. The molecule has 2 aromatic rings. The van der Waals surface area contributed by atoms with Crippen LogP contribution in [0.15, 0.2) is 55.0 Å². The Balaban J connectivity index is 1.38. The van der Waals surface area contributed by atoms with Gasteiger partial charge in [0.25, 0.3) is 0 Å². The molecule has 4 rings (SSSR count). The third-order valence-corrected chi connectivity index (χ3v) is 4.67. The Labute approximate surface area is 180 Å². The summed E-state index contributed by atoms with van der Waals surface area (Å²) in [4.78, 5) is 24.8. The number of aromatic nitrogens is 1. The molecule has 0 fully saturated rings. The van der Waals surface area contributed by atoms with E-state index in [-0.39, 0.29) is 12.3 Å². The molecule has 2 aromatic heterocycles. The van der Waals surface area contributed by atoms with Gasteiger partial charge in [-0.3, -0.25) is 16.0 Å².